The van der Waals surface area contributed by atoms with Crippen molar-refractivity contribution in [2.24, 2.45) is 0 Å². The van der Waals surface area contributed by atoms with Crippen LogP contribution >= 0.6 is 0 Å². The molecular weight excluding hydrogens is 455 g/mol. The van der Waals surface area contributed by atoms with Crippen LogP contribution in [-0.2, 0) is 6.18 Å². The van der Waals surface area contributed by atoms with Gasteiger partial charge in [-0.05, 0) is 53.7 Å². The molecule has 1 amide bonds. The number of nitrogens with zero attached hydrogens (tertiary/aromatic N) is 6. The Bertz CT molecular complexity index is 1350. The van der Waals surface area contributed by atoms with Crippen molar-refractivity contribution in [2.45, 2.75) is 13.1 Å². The maximum Gasteiger partial charge on any atom is 0.416 e. The van der Waals surface area contributed by atoms with Crippen LogP contribution in [0, 0.1) is 6.92 Å². The summed E-state index contributed by atoms with van der Waals surface area (Å²) in [4.78, 5) is 13.0. The highest BCUT2D eigenvalue weighted by Crippen LogP contribution is 2.31. The summed E-state index contributed by atoms with van der Waals surface area (Å²) in [7, 11) is 2.82. The SMILES string of the molecule is COc1ccc(NC(=O)c2nn(-c3cccc(C(F)(F)F)c3)cc2OC)cc1-n1nnnc1C. The van der Waals surface area contributed by atoms with Gasteiger partial charge in [-0.2, -0.15) is 23.0 Å². The number of halogens is 3. The molecule has 34 heavy (non-hydrogen) atoms. The highest BCUT2D eigenvalue weighted by Gasteiger charge is 2.31. The first-order valence-electron chi connectivity index (χ1n) is 9.77. The van der Waals surface area contributed by atoms with Gasteiger partial charge in [-0.3, -0.25) is 4.79 Å². The molecule has 2 aromatic carbocycles. The number of tetrazole rings is 1. The van der Waals surface area contributed by atoms with Crippen LogP contribution in [0.25, 0.3) is 11.4 Å². The quantitative estimate of drug-likeness (QED) is 0.457. The Morgan fingerprint density at radius 1 is 1.06 bits per heavy atom. The summed E-state index contributed by atoms with van der Waals surface area (Å²) < 4.78 is 52.4. The fourth-order valence-corrected chi connectivity index (χ4v) is 3.20. The molecule has 0 saturated carbocycles. The van der Waals surface area contributed by atoms with Crippen molar-refractivity contribution in [2.75, 3.05) is 19.5 Å². The van der Waals surface area contributed by atoms with Crippen LogP contribution in [0.15, 0.2) is 48.7 Å². The average Bonchev–Trinajstić information content (AvgIpc) is 3.45. The van der Waals surface area contributed by atoms with Crippen LogP contribution in [0.4, 0.5) is 18.9 Å². The van der Waals surface area contributed by atoms with Crippen LogP contribution in [0.2, 0.25) is 0 Å². The van der Waals surface area contributed by atoms with Crippen molar-refractivity contribution < 1.29 is 27.4 Å². The summed E-state index contributed by atoms with van der Waals surface area (Å²) in [5.74, 6) is 0.426. The molecule has 0 aliphatic rings. The number of alkyl halides is 3. The number of anilines is 1. The van der Waals surface area contributed by atoms with E-state index in [1.54, 1.807) is 25.1 Å². The Morgan fingerprint density at radius 2 is 1.82 bits per heavy atom. The van der Waals surface area contributed by atoms with Gasteiger partial charge < -0.3 is 14.8 Å². The topological polar surface area (TPSA) is 109 Å². The normalized spacial score (nSPS) is 11.4. The van der Waals surface area contributed by atoms with Crippen molar-refractivity contribution in [3.63, 3.8) is 0 Å². The lowest BCUT2D eigenvalue weighted by Crippen LogP contribution is -2.15. The van der Waals surface area contributed by atoms with Crippen LogP contribution in [-0.4, -0.2) is 50.1 Å². The Hall–Kier alpha value is -4.42. The second kappa shape index (κ2) is 8.84. The van der Waals surface area contributed by atoms with Gasteiger partial charge in [-0.15, -0.1) is 5.10 Å². The monoisotopic (exact) mass is 473 g/mol. The third-order valence-corrected chi connectivity index (χ3v) is 4.84. The van der Waals surface area contributed by atoms with Gasteiger partial charge in [0, 0.05) is 5.69 Å². The van der Waals surface area contributed by atoms with Crippen LogP contribution in [0.3, 0.4) is 0 Å². The predicted octanol–water partition coefficient (Wildman–Crippen LogP) is 3.44. The summed E-state index contributed by atoms with van der Waals surface area (Å²) in [6.45, 7) is 1.70. The third-order valence-electron chi connectivity index (χ3n) is 4.84. The summed E-state index contributed by atoms with van der Waals surface area (Å²) in [6.07, 6.45) is -3.19. The summed E-state index contributed by atoms with van der Waals surface area (Å²) in [5, 5.41) is 18.2. The molecule has 10 nitrogen and oxygen atoms in total. The third kappa shape index (κ3) is 4.40. The minimum Gasteiger partial charge on any atom is -0.494 e. The number of nitrogens with one attached hydrogen (secondary N) is 1. The first-order valence-corrected chi connectivity index (χ1v) is 9.77. The Labute approximate surface area is 190 Å². The number of methoxy groups -OCH3 is 2. The zero-order valence-corrected chi connectivity index (χ0v) is 18.2. The molecule has 176 valence electrons. The number of amides is 1. The van der Waals surface area contributed by atoms with E-state index in [1.165, 1.54) is 37.2 Å². The Kier molecular flexibility index (Phi) is 5.92. The molecule has 0 atom stereocenters. The van der Waals surface area contributed by atoms with Gasteiger partial charge in [0.25, 0.3) is 5.91 Å². The van der Waals surface area contributed by atoms with Gasteiger partial charge in [-0.25, -0.2) is 4.68 Å². The lowest BCUT2D eigenvalue weighted by Gasteiger charge is -2.11. The largest absolute Gasteiger partial charge is 0.494 e. The van der Waals surface area contributed by atoms with Gasteiger partial charge in [0.05, 0.1) is 31.7 Å². The van der Waals surface area contributed by atoms with Crippen molar-refractivity contribution in [1.82, 2.24) is 30.0 Å². The standard InChI is InChI=1S/C21H18F3N7O3/c1-12-26-28-29-31(12)16-10-14(7-8-17(16)33-2)25-20(32)19-18(34-3)11-30(27-19)15-6-4-5-13(9-15)21(22,23)24/h4-11H,1-3H3,(H,25,32). The number of ether oxygens (including phenoxy) is 2. The molecule has 0 aliphatic heterocycles. The molecule has 0 fully saturated rings. The molecule has 2 heterocycles. The van der Waals surface area contributed by atoms with Crippen molar-refractivity contribution in [1.29, 1.82) is 0 Å². The Morgan fingerprint density at radius 3 is 2.47 bits per heavy atom. The number of carbonyl (C=O) groups excluding carboxylic acids is 1. The minimum absolute atomic E-state index is 0.0833. The van der Waals surface area contributed by atoms with E-state index < -0.39 is 17.6 Å². The molecule has 0 radical (unpaired) electrons. The molecule has 0 saturated heterocycles. The molecule has 0 unspecified atom stereocenters. The van der Waals surface area contributed by atoms with E-state index in [0.29, 0.717) is 22.9 Å². The van der Waals surface area contributed by atoms with E-state index in [1.807, 2.05) is 0 Å². The number of aromatic nitrogens is 6. The number of hydrogen-bond acceptors (Lipinski definition) is 7. The van der Waals surface area contributed by atoms with Crippen molar-refractivity contribution in [3.8, 4) is 22.9 Å². The highest BCUT2D eigenvalue weighted by atomic mass is 19.4. The van der Waals surface area contributed by atoms with E-state index in [4.69, 9.17) is 9.47 Å². The second-order valence-corrected chi connectivity index (χ2v) is 7.02. The second-order valence-electron chi connectivity index (χ2n) is 7.02. The van der Waals surface area contributed by atoms with E-state index in [9.17, 15) is 18.0 Å². The van der Waals surface area contributed by atoms with Gasteiger partial charge >= 0.3 is 6.18 Å². The smallest absolute Gasteiger partial charge is 0.416 e. The first kappa shape index (κ1) is 22.8. The highest BCUT2D eigenvalue weighted by molar-refractivity contribution is 6.05. The molecule has 0 bridgehead atoms. The number of benzene rings is 2. The van der Waals surface area contributed by atoms with Crippen LogP contribution in [0.1, 0.15) is 21.9 Å². The van der Waals surface area contributed by atoms with E-state index in [0.717, 1.165) is 16.8 Å². The van der Waals surface area contributed by atoms with E-state index in [2.05, 4.69) is 25.9 Å². The maximum atomic E-state index is 13.1. The predicted molar refractivity (Wildman–Crippen MR) is 114 cm³/mol. The van der Waals surface area contributed by atoms with Gasteiger partial charge in [0.1, 0.15) is 11.4 Å². The van der Waals surface area contributed by atoms with Gasteiger partial charge in [-0.1, -0.05) is 6.07 Å². The maximum absolute atomic E-state index is 13.1. The summed E-state index contributed by atoms with van der Waals surface area (Å²) in [5.41, 5.74) is 0.0358. The molecule has 2 aromatic heterocycles. The fraction of sp³-hybridized carbons (Fsp3) is 0.190. The molecule has 0 aliphatic carbocycles. The van der Waals surface area contributed by atoms with Gasteiger partial charge in [0.15, 0.2) is 17.3 Å². The number of aryl methyl sites for hydroxylation is 1. The number of hydrogen-bond donors (Lipinski definition) is 1. The van der Waals surface area contributed by atoms with Gasteiger partial charge in [0.2, 0.25) is 0 Å². The molecule has 13 heteroatoms. The van der Waals surface area contributed by atoms with Crippen LogP contribution in [0.5, 0.6) is 11.5 Å². The number of carbonyl (C=O) groups is 1. The van der Waals surface area contributed by atoms with Crippen molar-refractivity contribution in [3.05, 3.63) is 65.7 Å². The zero-order valence-electron chi connectivity index (χ0n) is 18.2. The average molecular weight is 473 g/mol. The molecular formula is C21H18F3N7O3. The summed E-state index contributed by atoms with van der Waals surface area (Å²) in [6, 6.07) is 9.42. The number of rotatable bonds is 6. The van der Waals surface area contributed by atoms with Crippen LogP contribution < -0.4 is 14.8 Å². The van der Waals surface area contributed by atoms with Crippen molar-refractivity contribution >= 4 is 11.6 Å². The lowest BCUT2D eigenvalue weighted by atomic mass is 10.2. The fourth-order valence-electron chi connectivity index (χ4n) is 3.20. The summed E-state index contributed by atoms with van der Waals surface area (Å²) >= 11 is 0. The van der Waals surface area contributed by atoms with E-state index in [-0.39, 0.29) is 17.1 Å². The first-order chi connectivity index (χ1) is 16.2. The minimum atomic E-state index is -4.52. The zero-order chi connectivity index (χ0) is 24.5. The molecule has 4 aromatic rings. The molecule has 4 rings (SSSR count). The molecule has 1 N–H and O–H groups in total. The molecule has 0 spiro atoms. The van der Waals surface area contributed by atoms with E-state index >= 15 is 0 Å². The lowest BCUT2D eigenvalue weighted by molar-refractivity contribution is -0.137. The Balaban J connectivity index is 1.65.